The van der Waals surface area contributed by atoms with Crippen molar-refractivity contribution in [3.8, 4) is 0 Å². The number of carboxylic acids is 1. The maximum atomic E-state index is 11.0. The third-order valence-electron chi connectivity index (χ3n) is 4.10. The molecular weight excluding hydrogens is 254 g/mol. The van der Waals surface area contributed by atoms with Crippen LogP contribution in [0, 0.1) is 5.92 Å². The minimum Gasteiger partial charge on any atom is -0.478 e. The third kappa shape index (κ3) is 2.31. The van der Waals surface area contributed by atoms with Crippen LogP contribution in [0.25, 0.3) is 10.9 Å². The summed E-state index contributed by atoms with van der Waals surface area (Å²) < 4.78 is 0. The molecule has 1 unspecified atom stereocenters. The quantitative estimate of drug-likeness (QED) is 0.894. The van der Waals surface area contributed by atoms with Crippen LogP contribution in [-0.4, -0.2) is 27.1 Å². The molecule has 0 amide bonds. The van der Waals surface area contributed by atoms with Crippen LogP contribution in [0.1, 0.15) is 36.5 Å². The molecule has 1 aliphatic rings. The minimum atomic E-state index is -0.942. The summed E-state index contributed by atoms with van der Waals surface area (Å²) in [5, 5.41) is 13.3. The summed E-state index contributed by atoms with van der Waals surface area (Å²) in [6.07, 6.45) is 5.31. The standard InChI is InChI=1S/C15H17N3O2/c1-9(10-3-2-4-10)18-14-12-6-5-11(15(19)20)7-13(12)16-8-17-14/h5-10H,2-4H2,1H3,(H,19,20)(H,16,17,18). The van der Waals surface area contributed by atoms with E-state index in [1.807, 2.05) is 0 Å². The average molecular weight is 271 g/mol. The second kappa shape index (κ2) is 5.07. The average Bonchev–Trinajstić information content (AvgIpc) is 2.36. The maximum Gasteiger partial charge on any atom is 0.335 e. The molecule has 1 saturated carbocycles. The number of carboxylic acid groups (broad SMARTS) is 1. The molecule has 0 aliphatic heterocycles. The largest absolute Gasteiger partial charge is 0.478 e. The second-order valence-electron chi connectivity index (χ2n) is 5.38. The highest BCUT2D eigenvalue weighted by Crippen LogP contribution is 2.31. The fraction of sp³-hybridized carbons (Fsp3) is 0.400. The van der Waals surface area contributed by atoms with Gasteiger partial charge in [-0.15, -0.1) is 0 Å². The number of rotatable bonds is 4. The van der Waals surface area contributed by atoms with E-state index in [9.17, 15) is 4.79 Å². The van der Waals surface area contributed by atoms with Gasteiger partial charge in [0, 0.05) is 11.4 Å². The number of carbonyl (C=O) groups is 1. The van der Waals surface area contributed by atoms with Gasteiger partial charge in [-0.2, -0.15) is 0 Å². The fourth-order valence-corrected chi connectivity index (χ4v) is 2.58. The first-order valence-electron chi connectivity index (χ1n) is 6.90. The Morgan fingerprint density at radius 3 is 2.85 bits per heavy atom. The van der Waals surface area contributed by atoms with Gasteiger partial charge in [0.2, 0.25) is 0 Å². The van der Waals surface area contributed by atoms with E-state index in [0.717, 1.165) is 11.2 Å². The zero-order valence-corrected chi connectivity index (χ0v) is 11.3. The number of hydrogen-bond acceptors (Lipinski definition) is 4. The molecule has 1 atom stereocenters. The predicted octanol–water partition coefficient (Wildman–Crippen LogP) is 2.93. The Morgan fingerprint density at radius 1 is 1.40 bits per heavy atom. The number of aromatic nitrogens is 2. The molecule has 5 nitrogen and oxygen atoms in total. The molecule has 104 valence electrons. The predicted molar refractivity (Wildman–Crippen MR) is 76.9 cm³/mol. The van der Waals surface area contributed by atoms with E-state index in [0.29, 0.717) is 17.5 Å². The molecule has 1 heterocycles. The fourth-order valence-electron chi connectivity index (χ4n) is 2.58. The van der Waals surface area contributed by atoms with Crippen molar-refractivity contribution in [1.82, 2.24) is 9.97 Å². The number of aromatic carboxylic acids is 1. The minimum absolute atomic E-state index is 0.245. The molecule has 0 radical (unpaired) electrons. The van der Waals surface area contributed by atoms with E-state index >= 15 is 0 Å². The summed E-state index contributed by atoms with van der Waals surface area (Å²) in [4.78, 5) is 19.4. The van der Waals surface area contributed by atoms with Gasteiger partial charge in [0.05, 0.1) is 11.1 Å². The van der Waals surface area contributed by atoms with Gasteiger partial charge >= 0.3 is 5.97 Å². The van der Waals surface area contributed by atoms with Gasteiger partial charge in [-0.25, -0.2) is 14.8 Å². The summed E-state index contributed by atoms with van der Waals surface area (Å²) in [5.41, 5.74) is 0.900. The van der Waals surface area contributed by atoms with Crippen LogP contribution in [0.15, 0.2) is 24.5 Å². The molecule has 3 rings (SSSR count). The van der Waals surface area contributed by atoms with Gasteiger partial charge < -0.3 is 10.4 Å². The maximum absolute atomic E-state index is 11.0. The number of benzene rings is 1. The zero-order chi connectivity index (χ0) is 14.1. The monoisotopic (exact) mass is 271 g/mol. The highest BCUT2D eigenvalue weighted by atomic mass is 16.4. The number of nitrogens with zero attached hydrogens (tertiary/aromatic N) is 2. The molecule has 20 heavy (non-hydrogen) atoms. The Bertz CT molecular complexity index is 653. The molecular formula is C15H17N3O2. The van der Waals surface area contributed by atoms with Gasteiger partial charge in [0.1, 0.15) is 12.1 Å². The van der Waals surface area contributed by atoms with Gasteiger partial charge in [-0.05, 0) is 43.9 Å². The highest BCUT2D eigenvalue weighted by Gasteiger charge is 2.24. The summed E-state index contributed by atoms with van der Waals surface area (Å²) in [6.45, 7) is 2.17. The van der Waals surface area contributed by atoms with Gasteiger partial charge in [-0.3, -0.25) is 0 Å². The first-order valence-corrected chi connectivity index (χ1v) is 6.90. The molecule has 0 saturated heterocycles. The van der Waals surface area contributed by atoms with Gasteiger partial charge in [0.15, 0.2) is 0 Å². The molecule has 0 spiro atoms. The van der Waals surface area contributed by atoms with E-state index in [-0.39, 0.29) is 5.56 Å². The lowest BCUT2D eigenvalue weighted by Gasteiger charge is -2.32. The van der Waals surface area contributed by atoms with Crippen molar-refractivity contribution < 1.29 is 9.90 Å². The summed E-state index contributed by atoms with van der Waals surface area (Å²) in [7, 11) is 0. The summed E-state index contributed by atoms with van der Waals surface area (Å²) in [5.74, 6) is 0.549. The van der Waals surface area contributed by atoms with E-state index in [2.05, 4.69) is 22.2 Å². The first-order chi connectivity index (χ1) is 9.65. The van der Waals surface area contributed by atoms with Crippen LogP contribution in [0.4, 0.5) is 5.82 Å². The SMILES string of the molecule is CC(Nc1ncnc2cc(C(=O)O)ccc12)C1CCC1. The van der Waals surface area contributed by atoms with Crippen LogP contribution in [0.5, 0.6) is 0 Å². The lowest BCUT2D eigenvalue weighted by Crippen LogP contribution is -2.31. The van der Waals surface area contributed by atoms with Crippen molar-refractivity contribution >= 4 is 22.7 Å². The molecule has 2 N–H and O–H groups in total. The van der Waals surface area contributed by atoms with Crippen LogP contribution < -0.4 is 5.32 Å². The molecule has 1 aliphatic carbocycles. The molecule has 2 aromatic rings. The Kier molecular flexibility index (Phi) is 3.26. The van der Waals surface area contributed by atoms with E-state index in [4.69, 9.17) is 5.11 Å². The third-order valence-corrected chi connectivity index (χ3v) is 4.10. The first kappa shape index (κ1) is 12.8. The zero-order valence-electron chi connectivity index (χ0n) is 11.3. The van der Waals surface area contributed by atoms with E-state index in [1.54, 1.807) is 18.2 Å². The Labute approximate surface area is 117 Å². The summed E-state index contributed by atoms with van der Waals surface area (Å²) >= 11 is 0. The van der Waals surface area contributed by atoms with Gasteiger partial charge in [0.25, 0.3) is 0 Å². The number of nitrogens with one attached hydrogen (secondary N) is 1. The lowest BCUT2D eigenvalue weighted by molar-refractivity contribution is 0.0697. The smallest absolute Gasteiger partial charge is 0.335 e. The van der Waals surface area contributed by atoms with Crippen molar-refractivity contribution in [2.45, 2.75) is 32.2 Å². The Hall–Kier alpha value is -2.17. The number of hydrogen-bond donors (Lipinski definition) is 2. The molecule has 1 fully saturated rings. The van der Waals surface area contributed by atoms with Crippen molar-refractivity contribution in [2.75, 3.05) is 5.32 Å². The molecule has 5 heteroatoms. The van der Waals surface area contributed by atoms with Gasteiger partial charge in [-0.1, -0.05) is 6.42 Å². The van der Waals surface area contributed by atoms with Crippen molar-refractivity contribution in [2.24, 2.45) is 5.92 Å². The Morgan fingerprint density at radius 2 is 2.20 bits per heavy atom. The van der Waals surface area contributed by atoms with Crippen LogP contribution >= 0.6 is 0 Å². The summed E-state index contributed by atoms with van der Waals surface area (Å²) in [6, 6.07) is 5.32. The van der Waals surface area contributed by atoms with E-state index in [1.165, 1.54) is 25.6 Å². The normalized spacial score (nSPS) is 16.6. The van der Waals surface area contributed by atoms with Crippen molar-refractivity contribution in [3.63, 3.8) is 0 Å². The molecule has 0 bridgehead atoms. The van der Waals surface area contributed by atoms with Crippen molar-refractivity contribution in [1.29, 1.82) is 0 Å². The van der Waals surface area contributed by atoms with E-state index < -0.39 is 5.97 Å². The molecule has 1 aromatic heterocycles. The second-order valence-corrected chi connectivity index (χ2v) is 5.38. The Balaban J connectivity index is 1.92. The highest BCUT2D eigenvalue weighted by molar-refractivity contribution is 5.96. The van der Waals surface area contributed by atoms with Crippen LogP contribution in [-0.2, 0) is 0 Å². The lowest BCUT2D eigenvalue weighted by atomic mass is 9.80. The topological polar surface area (TPSA) is 75.1 Å². The van der Waals surface area contributed by atoms with Crippen LogP contribution in [0.3, 0.4) is 0 Å². The van der Waals surface area contributed by atoms with Crippen molar-refractivity contribution in [3.05, 3.63) is 30.1 Å². The number of fused-ring (bicyclic) bond motifs is 1. The number of anilines is 1. The van der Waals surface area contributed by atoms with Crippen LogP contribution in [0.2, 0.25) is 0 Å². The molecule has 1 aromatic carbocycles.